The molecule has 0 bridgehead atoms. The van der Waals surface area contributed by atoms with Crippen molar-refractivity contribution in [1.29, 1.82) is 0 Å². The summed E-state index contributed by atoms with van der Waals surface area (Å²) < 4.78 is 21.8. The maximum Gasteiger partial charge on any atom is 0.409 e. The molecule has 4 aromatic rings. The van der Waals surface area contributed by atoms with E-state index in [0.717, 1.165) is 35.3 Å². The molecule has 1 N–H and O–H groups in total. The van der Waals surface area contributed by atoms with Gasteiger partial charge in [-0.15, -0.1) is 0 Å². The Morgan fingerprint density at radius 3 is 2.49 bits per heavy atom. The second-order valence-electron chi connectivity index (χ2n) is 9.02. The second kappa shape index (κ2) is 11.3. The number of nitrogens with one attached hydrogen (secondary N) is 1. The number of hydrogen-bond donors (Lipinski definition) is 1. The van der Waals surface area contributed by atoms with Gasteiger partial charge in [0.2, 0.25) is 0 Å². The topological polar surface area (TPSA) is 72.3 Å². The molecule has 0 spiro atoms. The summed E-state index contributed by atoms with van der Waals surface area (Å²) in [7, 11) is 0. The van der Waals surface area contributed by atoms with Crippen molar-refractivity contribution >= 4 is 6.09 Å². The van der Waals surface area contributed by atoms with Crippen LogP contribution in [-0.2, 0) is 11.3 Å². The smallest absolute Gasteiger partial charge is 0.409 e. The van der Waals surface area contributed by atoms with E-state index in [0.29, 0.717) is 37.5 Å². The van der Waals surface area contributed by atoms with Gasteiger partial charge in [-0.1, -0.05) is 42.5 Å². The first-order valence-corrected chi connectivity index (χ1v) is 12.6. The Balaban J connectivity index is 1.37. The molecule has 1 fully saturated rings. The van der Waals surface area contributed by atoms with Crippen LogP contribution in [0, 0.1) is 5.82 Å². The highest BCUT2D eigenvalue weighted by atomic mass is 19.1. The van der Waals surface area contributed by atoms with E-state index in [2.05, 4.69) is 15.4 Å². The molecular weight excluding hydrogens is 469 g/mol. The van der Waals surface area contributed by atoms with Gasteiger partial charge in [0.15, 0.2) is 0 Å². The standard InChI is InChI=1S/C29H30FN5O2/c1-2-37-29(36)34-16-14-23(15-17-34)31-18-22-19-33-35(28(22)25-10-6-7-11-26(25)30)24-12-13-27(32-20-24)21-8-4-3-5-9-21/h3-13,19-20,23,31H,2,14-18H2,1H3. The molecule has 0 aliphatic carbocycles. The number of aromatic nitrogens is 3. The molecule has 1 amide bonds. The highest BCUT2D eigenvalue weighted by molar-refractivity contribution is 5.68. The highest BCUT2D eigenvalue weighted by Crippen LogP contribution is 2.29. The van der Waals surface area contributed by atoms with E-state index in [1.807, 2.05) is 55.5 Å². The quantitative estimate of drug-likeness (QED) is 0.366. The zero-order valence-corrected chi connectivity index (χ0v) is 20.8. The molecule has 7 nitrogen and oxygen atoms in total. The van der Waals surface area contributed by atoms with Crippen molar-refractivity contribution in [3.05, 3.63) is 90.5 Å². The summed E-state index contributed by atoms with van der Waals surface area (Å²) in [5.41, 5.74) is 4.73. The lowest BCUT2D eigenvalue weighted by Crippen LogP contribution is -2.44. The van der Waals surface area contributed by atoms with Crippen LogP contribution in [0.3, 0.4) is 0 Å². The van der Waals surface area contributed by atoms with Crippen molar-refractivity contribution in [2.45, 2.75) is 32.4 Å². The number of rotatable bonds is 7. The molecule has 0 unspecified atom stereocenters. The van der Waals surface area contributed by atoms with Crippen LogP contribution in [0.15, 0.2) is 79.1 Å². The Morgan fingerprint density at radius 1 is 1.03 bits per heavy atom. The van der Waals surface area contributed by atoms with Gasteiger partial charge in [-0.25, -0.2) is 13.9 Å². The van der Waals surface area contributed by atoms with Crippen molar-refractivity contribution in [3.63, 3.8) is 0 Å². The van der Waals surface area contributed by atoms with E-state index in [1.165, 1.54) is 6.07 Å². The SMILES string of the molecule is CCOC(=O)N1CCC(NCc2cnn(-c3ccc(-c4ccccc4)nc3)c2-c2ccccc2F)CC1. The Morgan fingerprint density at radius 2 is 1.78 bits per heavy atom. The number of benzene rings is 2. The Hall–Kier alpha value is -4.04. The van der Waals surface area contributed by atoms with E-state index in [1.54, 1.807) is 34.1 Å². The molecule has 2 aromatic carbocycles. The van der Waals surface area contributed by atoms with E-state index < -0.39 is 0 Å². The lowest BCUT2D eigenvalue weighted by Gasteiger charge is -2.31. The summed E-state index contributed by atoms with van der Waals surface area (Å²) in [5, 5.41) is 8.21. The molecular formula is C29H30FN5O2. The van der Waals surface area contributed by atoms with Crippen LogP contribution < -0.4 is 5.32 Å². The minimum absolute atomic E-state index is 0.245. The van der Waals surface area contributed by atoms with Gasteiger partial charge >= 0.3 is 6.09 Å². The summed E-state index contributed by atoms with van der Waals surface area (Å²) in [6.07, 6.45) is 4.95. The molecule has 5 rings (SSSR count). The molecule has 1 aliphatic heterocycles. The van der Waals surface area contributed by atoms with Crippen molar-refractivity contribution in [1.82, 2.24) is 25.0 Å². The van der Waals surface area contributed by atoms with Gasteiger partial charge in [0.25, 0.3) is 0 Å². The van der Waals surface area contributed by atoms with Gasteiger partial charge in [-0.3, -0.25) is 4.98 Å². The third-order valence-electron chi connectivity index (χ3n) is 6.64. The fourth-order valence-electron chi connectivity index (χ4n) is 4.67. The Kier molecular flexibility index (Phi) is 7.56. The number of carbonyl (C=O) groups is 1. The average Bonchev–Trinajstić information content (AvgIpc) is 3.37. The number of carbonyl (C=O) groups excluding carboxylic acids is 1. The first-order chi connectivity index (χ1) is 18.1. The fraction of sp³-hybridized carbons (Fsp3) is 0.276. The summed E-state index contributed by atoms with van der Waals surface area (Å²) in [6.45, 7) is 4.02. The molecule has 1 saturated heterocycles. The van der Waals surface area contributed by atoms with Crippen LogP contribution in [0.2, 0.25) is 0 Å². The number of halogens is 1. The normalized spacial score (nSPS) is 14.1. The minimum atomic E-state index is -0.304. The molecule has 8 heteroatoms. The second-order valence-corrected chi connectivity index (χ2v) is 9.02. The van der Waals surface area contributed by atoms with Crippen molar-refractivity contribution in [2.24, 2.45) is 0 Å². The Bertz CT molecular complexity index is 1330. The third-order valence-corrected chi connectivity index (χ3v) is 6.64. The number of nitrogens with zero attached hydrogens (tertiary/aromatic N) is 4. The van der Waals surface area contributed by atoms with Crippen molar-refractivity contribution < 1.29 is 13.9 Å². The zero-order chi connectivity index (χ0) is 25.6. The molecule has 2 aromatic heterocycles. The molecule has 0 saturated carbocycles. The van der Waals surface area contributed by atoms with Crippen molar-refractivity contribution in [2.75, 3.05) is 19.7 Å². The van der Waals surface area contributed by atoms with Crippen LogP contribution in [-0.4, -0.2) is 51.5 Å². The number of hydrogen-bond acceptors (Lipinski definition) is 5. The van der Waals surface area contributed by atoms with Crippen LogP contribution in [0.5, 0.6) is 0 Å². The van der Waals surface area contributed by atoms with E-state index in [9.17, 15) is 9.18 Å². The van der Waals surface area contributed by atoms with Gasteiger partial charge in [0.1, 0.15) is 5.82 Å². The van der Waals surface area contributed by atoms with E-state index in [4.69, 9.17) is 4.74 Å². The van der Waals surface area contributed by atoms with Crippen LogP contribution in [0.1, 0.15) is 25.3 Å². The van der Waals surface area contributed by atoms with Gasteiger partial charge in [-0.2, -0.15) is 5.10 Å². The fourth-order valence-corrected chi connectivity index (χ4v) is 4.67. The maximum atomic E-state index is 15.0. The first kappa shape index (κ1) is 24.6. The first-order valence-electron chi connectivity index (χ1n) is 12.6. The maximum absolute atomic E-state index is 15.0. The summed E-state index contributed by atoms with van der Waals surface area (Å²) in [4.78, 5) is 18.4. The molecule has 0 radical (unpaired) electrons. The average molecular weight is 500 g/mol. The third kappa shape index (κ3) is 5.54. The molecule has 37 heavy (non-hydrogen) atoms. The van der Waals surface area contributed by atoms with Gasteiger partial charge in [0, 0.05) is 42.4 Å². The van der Waals surface area contributed by atoms with Crippen molar-refractivity contribution in [3.8, 4) is 28.2 Å². The lowest BCUT2D eigenvalue weighted by atomic mass is 10.0. The number of piperidine rings is 1. The minimum Gasteiger partial charge on any atom is -0.450 e. The van der Waals surface area contributed by atoms with Crippen LogP contribution >= 0.6 is 0 Å². The predicted octanol–water partition coefficient (Wildman–Crippen LogP) is 5.45. The predicted molar refractivity (Wildman–Crippen MR) is 141 cm³/mol. The number of pyridine rings is 1. The van der Waals surface area contributed by atoms with Crippen LogP contribution in [0.4, 0.5) is 9.18 Å². The summed E-state index contributed by atoms with van der Waals surface area (Å²) in [5.74, 6) is -0.304. The van der Waals surface area contributed by atoms with Gasteiger partial charge < -0.3 is 15.0 Å². The Labute approximate surface area is 215 Å². The zero-order valence-electron chi connectivity index (χ0n) is 20.8. The van der Waals surface area contributed by atoms with Crippen LogP contribution in [0.25, 0.3) is 28.2 Å². The number of likely N-dealkylation sites (tertiary alicyclic amines) is 1. The largest absolute Gasteiger partial charge is 0.450 e. The van der Waals surface area contributed by atoms with Gasteiger partial charge in [-0.05, 0) is 44.0 Å². The molecule has 0 atom stereocenters. The molecule has 190 valence electrons. The van der Waals surface area contributed by atoms with E-state index in [-0.39, 0.29) is 18.0 Å². The molecule has 1 aliphatic rings. The monoisotopic (exact) mass is 499 g/mol. The molecule has 3 heterocycles. The van der Waals surface area contributed by atoms with Gasteiger partial charge in [0.05, 0.1) is 36.1 Å². The van der Waals surface area contributed by atoms with E-state index >= 15 is 0 Å². The summed E-state index contributed by atoms with van der Waals surface area (Å²) in [6, 6.07) is 20.9. The summed E-state index contributed by atoms with van der Waals surface area (Å²) >= 11 is 0. The number of ether oxygens (including phenoxy) is 1. The highest BCUT2D eigenvalue weighted by Gasteiger charge is 2.24. The number of amides is 1. The lowest BCUT2D eigenvalue weighted by molar-refractivity contribution is 0.0950.